The SMILES string of the molecule is CCCCCCCCCCCCCCCC[n+]1ccccc1.F.F.F.[F-]. The van der Waals surface area contributed by atoms with Crippen LogP contribution in [0, 0.1) is 0 Å². The van der Waals surface area contributed by atoms with Gasteiger partial charge in [0.05, 0.1) is 0 Å². The first kappa shape index (κ1) is 32.5. The summed E-state index contributed by atoms with van der Waals surface area (Å²) in [5, 5.41) is 0. The van der Waals surface area contributed by atoms with E-state index < -0.39 is 0 Å². The first-order chi connectivity index (χ1) is 10.9. The van der Waals surface area contributed by atoms with Crippen molar-refractivity contribution in [2.75, 3.05) is 0 Å². The third-order valence-electron chi connectivity index (χ3n) is 4.55. The summed E-state index contributed by atoms with van der Waals surface area (Å²) in [7, 11) is 0. The van der Waals surface area contributed by atoms with Gasteiger partial charge in [-0.1, -0.05) is 90.0 Å². The summed E-state index contributed by atoms with van der Waals surface area (Å²) in [5.41, 5.74) is 0. The molecule has 0 fully saturated rings. The van der Waals surface area contributed by atoms with Gasteiger partial charge in [0.2, 0.25) is 0 Å². The Balaban J connectivity index is -0.000000605. The number of nitrogens with zero attached hydrogens (tertiary/aromatic N) is 1. The van der Waals surface area contributed by atoms with Crippen LogP contribution < -0.4 is 9.27 Å². The second kappa shape index (κ2) is 26.1. The van der Waals surface area contributed by atoms with E-state index >= 15 is 0 Å². The quantitative estimate of drug-likeness (QED) is 0.246. The van der Waals surface area contributed by atoms with Crippen LogP contribution >= 0.6 is 0 Å². The minimum Gasteiger partial charge on any atom is -1.00 e. The Labute approximate surface area is 158 Å². The molecule has 0 aliphatic heterocycles. The molecule has 0 unspecified atom stereocenters. The van der Waals surface area contributed by atoms with Crippen molar-refractivity contribution >= 4 is 0 Å². The minimum absolute atomic E-state index is 0. The number of hydrogen-bond acceptors (Lipinski definition) is 0. The molecular weight excluding hydrogens is 342 g/mol. The molecule has 0 spiro atoms. The van der Waals surface area contributed by atoms with Crippen LogP contribution in [-0.2, 0) is 6.54 Å². The van der Waals surface area contributed by atoms with E-state index in [1.807, 2.05) is 0 Å². The summed E-state index contributed by atoms with van der Waals surface area (Å²) < 4.78 is 2.29. The van der Waals surface area contributed by atoms with Gasteiger partial charge in [0.25, 0.3) is 0 Å². The van der Waals surface area contributed by atoms with Gasteiger partial charge in [0, 0.05) is 18.6 Å². The minimum atomic E-state index is 0. The fourth-order valence-corrected chi connectivity index (χ4v) is 3.07. The van der Waals surface area contributed by atoms with Crippen LogP contribution in [0.2, 0.25) is 0 Å². The molecule has 0 amide bonds. The van der Waals surface area contributed by atoms with Gasteiger partial charge in [-0.25, -0.2) is 4.57 Å². The number of pyridine rings is 1. The van der Waals surface area contributed by atoms with Crippen molar-refractivity contribution in [3.63, 3.8) is 0 Å². The topological polar surface area (TPSA) is 3.88 Å². The number of aromatic nitrogens is 1. The van der Waals surface area contributed by atoms with E-state index in [1.165, 1.54) is 96.4 Å². The molecule has 1 heterocycles. The summed E-state index contributed by atoms with van der Waals surface area (Å²) in [6.07, 6.45) is 24.4. The van der Waals surface area contributed by atoms with Gasteiger partial charge in [0.15, 0.2) is 12.4 Å². The molecule has 1 rings (SSSR count). The van der Waals surface area contributed by atoms with Crippen molar-refractivity contribution in [3.05, 3.63) is 30.6 Å². The fourth-order valence-electron chi connectivity index (χ4n) is 3.07. The number of hydrogen-bond donors (Lipinski definition) is 0. The summed E-state index contributed by atoms with van der Waals surface area (Å²) in [6.45, 7) is 3.47. The summed E-state index contributed by atoms with van der Waals surface area (Å²) in [6, 6.07) is 6.31. The van der Waals surface area contributed by atoms with Gasteiger partial charge in [0.1, 0.15) is 6.54 Å². The largest absolute Gasteiger partial charge is 1.00 e. The van der Waals surface area contributed by atoms with E-state index in [-0.39, 0.29) is 18.8 Å². The van der Waals surface area contributed by atoms with Gasteiger partial charge in [-0.3, -0.25) is 14.1 Å². The molecule has 158 valence electrons. The summed E-state index contributed by atoms with van der Waals surface area (Å²) >= 11 is 0. The average molecular weight is 384 g/mol. The van der Waals surface area contributed by atoms with Gasteiger partial charge in [-0.05, 0) is 6.42 Å². The van der Waals surface area contributed by atoms with Crippen LogP contribution in [0.15, 0.2) is 30.6 Å². The van der Waals surface area contributed by atoms with E-state index in [4.69, 9.17) is 0 Å². The molecule has 0 aliphatic carbocycles. The molecule has 26 heavy (non-hydrogen) atoms. The van der Waals surface area contributed by atoms with Crippen LogP contribution in [0.4, 0.5) is 14.1 Å². The molecule has 1 aromatic rings. The van der Waals surface area contributed by atoms with E-state index in [0.717, 1.165) is 0 Å². The Morgan fingerprint density at radius 3 is 1.23 bits per heavy atom. The Hall–Kier alpha value is -1.13. The molecular formula is C21H41F4N. The lowest BCUT2D eigenvalue weighted by atomic mass is 10.0. The van der Waals surface area contributed by atoms with E-state index in [2.05, 4.69) is 42.1 Å². The highest BCUT2D eigenvalue weighted by atomic mass is 19.0. The Morgan fingerprint density at radius 2 is 0.846 bits per heavy atom. The standard InChI is InChI=1S/C21H38N.4FH/c1-2-3-4-5-6-7-8-9-10-11-12-13-14-16-19-22-20-17-15-18-21-22;;;;/h15,17-18,20-21H,2-14,16,19H2,1H3;4*1H/q+1;;;;/p-1. The molecule has 0 radical (unpaired) electrons. The van der Waals surface area contributed by atoms with Crippen LogP contribution in [0.5, 0.6) is 0 Å². The molecule has 5 heteroatoms. The van der Waals surface area contributed by atoms with Crippen LogP contribution in [0.3, 0.4) is 0 Å². The predicted molar refractivity (Wildman–Crippen MR) is 104 cm³/mol. The fraction of sp³-hybridized carbons (Fsp3) is 0.762. The highest BCUT2D eigenvalue weighted by molar-refractivity contribution is 4.83. The summed E-state index contributed by atoms with van der Waals surface area (Å²) in [5.74, 6) is 0. The second-order valence-electron chi connectivity index (χ2n) is 6.71. The first-order valence-corrected chi connectivity index (χ1v) is 9.87. The lowest BCUT2D eigenvalue weighted by Crippen LogP contribution is -3.00. The van der Waals surface area contributed by atoms with Gasteiger partial charge in [-0.15, -0.1) is 0 Å². The van der Waals surface area contributed by atoms with Gasteiger partial charge < -0.3 is 4.70 Å². The van der Waals surface area contributed by atoms with Crippen molar-refractivity contribution in [1.29, 1.82) is 0 Å². The number of rotatable bonds is 15. The third-order valence-corrected chi connectivity index (χ3v) is 4.55. The number of aryl methyl sites for hydroxylation is 1. The highest BCUT2D eigenvalue weighted by Crippen LogP contribution is 2.12. The predicted octanol–water partition coefficient (Wildman–Crippen LogP) is 3.92. The van der Waals surface area contributed by atoms with E-state index in [1.54, 1.807) is 0 Å². The van der Waals surface area contributed by atoms with Crippen molar-refractivity contribution in [2.24, 2.45) is 0 Å². The monoisotopic (exact) mass is 383 g/mol. The van der Waals surface area contributed by atoms with Crippen molar-refractivity contribution in [2.45, 2.75) is 103 Å². The first-order valence-electron chi connectivity index (χ1n) is 9.87. The zero-order valence-electron chi connectivity index (χ0n) is 16.5. The zero-order valence-corrected chi connectivity index (χ0v) is 16.5. The maximum atomic E-state index is 2.29. The normalized spacial score (nSPS) is 9.27. The molecule has 0 N–H and O–H groups in total. The van der Waals surface area contributed by atoms with Crippen molar-refractivity contribution < 1.29 is 23.4 Å². The summed E-state index contributed by atoms with van der Waals surface area (Å²) in [4.78, 5) is 0. The number of unbranched alkanes of at least 4 members (excludes halogenated alkanes) is 13. The Morgan fingerprint density at radius 1 is 0.500 bits per heavy atom. The van der Waals surface area contributed by atoms with Gasteiger partial charge in [-0.2, -0.15) is 0 Å². The number of halogens is 4. The molecule has 0 aromatic carbocycles. The van der Waals surface area contributed by atoms with Crippen LogP contribution in [0.1, 0.15) is 96.8 Å². The molecule has 0 aliphatic rings. The highest BCUT2D eigenvalue weighted by Gasteiger charge is 1.98. The maximum absolute atomic E-state index is 2.29. The molecule has 1 aromatic heterocycles. The van der Waals surface area contributed by atoms with Crippen molar-refractivity contribution in [1.82, 2.24) is 0 Å². The smallest absolute Gasteiger partial charge is 0.168 e. The Bertz CT molecular complexity index is 336. The molecule has 1 nitrogen and oxygen atoms in total. The van der Waals surface area contributed by atoms with E-state index in [0.29, 0.717) is 0 Å². The third kappa shape index (κ3) is 20.9. The molecule has 0 saturated carbocycles. The zero-order chi connectivity index (χ0) is 15.7. The molecule has 0 atom stereocenters. The lowest BCUT2D eigenvalue weighted by molar-refractivity contribution is -0.697. The molecule has 0 bridgehead atoms. The lowest BCUT2D eigenvalue weighted by Gasteiger charge is -2.02. The van der Waals surface area contributed by atoms with E-state index in [9.17, 15) is 0 Å². The van der Waals surface area contributed by atoms with Crippen molar-refractivity contribution in [3.8, 4) is 0 Å². The Kier molecular flexibility index (Phi) is 32.7. The van der Waals surface area contributed by atoms with Crippen LogP contribution in [0.25, 0.3) is 0 Å². The van der Waals surface area contributed by atoms with Gasteiger partial charge >= 0.3 is 0 Å². The maximum Gasteiger partial charge on any atom is 0.168 e. The van der Waals surface area contributed by atoms with Crippen LogP contribution in [-0.4, -0.2) is 0 Å². The second-order valence-corrected chi connectivity index (χ2v) is 6.71. The molecule has 0 saturated heterocycles. The average Bonchev–Trinajstić information content (AvgIpc) is 2.56.